The van der Waals surface area contributed by atoms with Crippen molar-refractivity contribution >= 4 is 15.9 Å². The maximum absolute atomic E-state index is 5.76. The van der Waals surface area contributed by atoms with E-state index in [-0.39, 0.29) is 0 Å². The van der Waals surface area contributed by atoms with Crippen LogP contribution in [0.2, 0.25) is 0 Å². The van der Waals surface area contributed by atoms with Crippen LogP contribution in [-0.4, -0.2) is 12.6 Å². The first-order valence-corrected chi connectivity index (χ1v) is 8.34. The van der Waals surface area contributed by atoms with Gasteiger partial charge in [0.05, 0.1) is 6.61 Å². The lowest BCUT2D eigenvalue weighted by Gasteiger charge is -2.27. The molecule has 1 aliphatic heterocycles. The van der Waals surface area contributed by atoms with Gasteiger partial charge in [-0.2, -0.15) is 0 Å². The summed E-state index contributed by atoms with van der Waals surface area (Å²) < 4.78 is 6.88. The van der Waals surface area contributed by atoms with Crippen molar-refractivity contribution < 1.29 is 4.74 Å². The second-order valence-electron chi connectivity index (χ2n) is 5.90. The number of fused-ring (bicyclic) bond motifs is 1. The van der Waals surface area contributed by atoms with Gasteiger partial charge in [-0.3, -0.25) is 0 Å². The van der Waals surface area contributed by atoms with Crippen LogP contribution in [0.4, 0.5) is 0 Å². The Morgan fingerprint density at radius 2 is 1.95 bits per heavy atom. The first kappa shape index (κ1) is 13.4. The summed E-state index contributed by atoms with van der Waals surface area (Å²) in [6, 6.07) is 18.1. The van der Waals surface area contributed by atoms with E-state index in [1.54, 1.807) is 0 Å². The molecule has 1 heterocycles. The van der Waals surface area contributed by atoms with E-state index in [0.717, 1.165) is 23.2 Å². The van der Waals surface area contributed by atoms with E-state index >= 15 is 0 Å². The lowest BCUT2D eigenvalue weighted by Crippen LogP contribution is -2.29. The monoisotopic (exact) mass is 343 g/mol. The molecule has 4 rings (SSSR count). The van der Waals surface area contributed by atoms with Crippen LogP contribution in [0.5, 0.6) is 5.75 Å². The molecule has 1 fully saturated rings. The van der Waals surface area contributed by atoms with Gasteiger partial charge in [0.15, 0.2) is 0 Å². The number of nitrogens with one attached hydrogen (secondary N) is 1. The Kier molecular flexibility index (Phi) is 3.48. The van der Waals surface area contributed by atoms with Gasteiger partial charge in [0.1, 0.15) is 5.75 Å². The summed E-state index contributed by atoms with van der Waals surface area (Å²) in [6.45, 7) is 0.801. The summed E-state index contributed by atoms with van der Waals surface area (Å²) in [5.74, 6) is 1.70. The maximum Gasteiger partial charge on any atom is 0.124 e. The normalized spacial score (nSPS) is 26.8. The molecule has 2 aromatic rings. The van der Waals surface area contributed by atoms with Gasteiger partial charge in [-0.15, -0.1) is 0 Å². The zero-order valence-electron chi connectivity index (χ0n) is 11.8. The highest BCUT2D eigenvalue weighted by molar-refractivity contribution is 9.10. The predicted octanol–water partition coefficient (Wildman–Crippen LogP) is 4.42. The SMILES string of the molecule is Brc1ccc2c(c1)C(NC1CC1c1ccccc1)CCO2. The second kappa shape index (κ2) is 5.47. The van der Waals surface area contributed by atoms with Crippen molar-refractivity contribution in [3.8, 4) is 5.75 Å². The largest absolute Gasteiger partial charge is 0.493 e. The Balaban J connectivity index is 1.49. The minimum absolute atomic E-state index is 0.407. The molecule has 1 N–H and O–H groups in total. The fourth-order valence-electron chi connectivity index (χ4n) is 3.24. The van der Waals surface area contributed by atoms with Gasteiger partial charge in [-0.1, -0.05) is 46.3 Å². The second-order valence-corrected chi connectivity index (χ2v) is 6.81. The molecule has 0 amide bonds. The Morgan fingerprint density at radius 1 is 1.10 bits per heavy atom. The summed E-state index contributed by atoms with van der Waals surface area (Å²) in [7, 11) is 0. The molecule has 0 saturated heterocycles. The summed E-state index contributed by atoms with van der Waals surface area (Å²) in [4.78, 5) is 0. The van der Waals surface area contributed by atoms with E-state index in [1.165, 1.54) is 17.5 Å². The van der Waals surface area contributed by atoms with Gasteiger partial charge >= 0.3 is 0 Å². The zero-order valence-corrected chi connectivity index (χ0v) is 13.3. The van der Waals surface area contributed by atoms with Crippen molar-refractivity contribution in [1.29, 1.82) is 0 Å². The van der Waals surface area contributed by atoms with Crippen LogP contribution in [-0.2, 0) is 0 Å². The Labute approximate surface area is 133 Å². The third kappa shape index (κ3) is 2.72. The number of hydrogen-bond donors (Lipinski definition) is 1. The summed E-state index contributed by atoms with van der Waals surface area (Å²) in [6.07, 6.45) is 2.28. The van der Waals surface area contributed by atoms with E-state index in [4.69, 9.17) is 4.74 Å². The quantitative estimate of drug-likeness (QED) is 0.890. The molecular formula is C18H18BrNO. The van der Waals surface area contributed by atoms with Gasteiger partial charge in [0, 0.05) is 34.5 Å². The van der Waals surface area contributed by atoms with Crippen LogP contribution in [0.15, 0.2) is 53.0 Å². The molecule has 21 heavy (non-hydrogen) atoms. The lowest BCUT2D eigenvalue weighted by atomic mass is 10.0. The molecule has 3 heteroatoms. The first-order chi connectivity index (χ1) is 10.3. The number of benzene rings is 2. The molecule has 2 aromatic carbocycles. The van der Waals surface area contributed by atoms with Crippen LogP contribution in [0, 0.1) is 0 Å². The Bertz CT molecular complexity index is 643. The summed E-state index contributed by atoms with van der Waals surface area (Å²) >= 11 is 3.56. The molecule has 108 valence electrons. The standard InChI is InChI=1S/C18H18BrNO/c19-13-6-7-18-15(10-13)16(8-9-21-18)20-17-11-14(17)12-4-2-1-3-5-12/h1-7,10,14,16-17,20H,8-9,11H2. The summed E-state index contributed by atoms with van der Waals surface area (Å²) in [5.41, 5.74) is 2.74. The molecule has 2 aliphatic rings. The Hall–Kier alpha value is -1.32. The highest BCUT2D eigenvalue weighted by Crippen LogP contribution is 2.44. The van der Waals surface area contributed by atoms with Gasteiger partial charge < -0.3 is 10.1 Å². The molecule has 1 saturated carbocycles. The lowest BCUT2D eigenvalue weighted by molar-refractivity contribution is 0.251. The third-order valence-electron chi connectivity index (χ3n) is 4.44. The molecule has 1 aliphatic carbocycles. The summed E-state index contributed by atoms with van der Waals surface area (Å²) in [5, 5.41) is 3.82. The fraction of sp³-hybridized carbons (Fsp3) is 0.333. The van der Waals surface area contributed by atoms with E-state index in [9.17, 15) is 0 Å². The minimum Gasteiger partial charge on any atom is -0.493 e. The molecule has 0 bridgehead atoms. The van der Waals surface area contributed by atoms with E-state index in [1.807, 2.05) is 6.07 Å². The number of halogens is 1. The molecule has 2 nitrogen and oxygen atoms in total. The van der Waals surface area contributed by atoms with Gasteiger partial charge in [0.2, 0.25) is 0 Å². The topological polar surface area (TPSA) is 21.3 Å². The molecule has 0 radical (unpaired) electrons. The van der Waals surface area contributed by atoms with Crippen molar-refractivity contribution in [3.05, 3.63) is 64.1 Å². The van der Waals surface area contributed by atoms with Crippen LogP contribution in [0.3, 0.4) is 0 Å². The smallest absolute Gasteiger partial charge is 0.124 e. The van der Waals surface area contributed by atoms with Crippen molar-refractivity contribution in [2.24, 2.45) is 0 Å². The number of hydrogen-bond acceptors (Lipinski definition) is 2. The van der Waals surface area contributed by atoms with Crippen molar-refractivity contribution in [3.63, 3.8) is 0 Å². The first-order valence-electron chi connectivity index (χ1n) is 7.54. The maximum atomic E-state index is 5.76. The predicted molar refractivity (Wildman–Crippen MR) is 87.7 cm³/mol. The molecular weight excluding hydrogens is 326 g/mol. The molecule has 0 aromatic heterocycles. The molecule has 3 unspecified atom stereocenters. The van der Waals surface area contributed by atoms with E-state index < -0.39 is 0 Å². The molecule has 0 spiro atoms. The van der Waals surface area contributed by atoms with Crippen LogP contribution >= 0.6 is 15.9 Å². The van der Waals surface area contributed by atoms with E-state index in [2.05, 4.69) is 63.7 Å². The molecule has 3 atom stereocenters. The Morgan fingerprint density at radius 3 is 2.81 bits per heavy atom. The van der Waals surface area contributed by atoms with Crippen molar-refractivity contribution in [2.75, 3.05) is 6.61 Å². The third-order valence-corrected chi connectivity index (χ3v) is 4.94. The van der Waals surface area contributed by atoms with Crippen LogP contribution in [0.1, 0.15) is 35.9 Å². The zero-order chi connectivity index (χ0) is 14.2. The fourth-order valence-corrected chi connectivity index (χ4v) is 3.62. The van der Waals surface area contributed by atoms with Crippen molar-refractivity contribution in [2.45, 2.75) is 30.8 Å². The number of ether oxygens (including phenoxy) is 1. The van der Waals surface area contributed by atoms with Gasteiger partial charge in [-0.25, -0.2) is 0 Å². The number of rotatable bonds is 3. The highest BCUT2D eigenvalue weighted by atomic mass is 79.9. The van der Waals surface area contributed by atoms with Gasteiger partial charge in [0.25, 0.3) is 0 Å². The highest BCUT2D eigenvalue weighted by Gasteiger charge is 2.40. The minimum atomic E-state index is 0.407. The van der Waals surface area contributed by atoms with Crippen LogP contribution in [0.25, 0.3) is 0 Å². The average Bonchev–Trinajstić information content (AvgIpc) is 3.28. The van der Waals surface area contributed by atoms with Gasteiger partial charge in [-0.05, 0) is 30.2 Å². The van der Waals surface area contributed by atoms with Crippen LogP contribution < -0.4 is 10.1 Å². The van der Waals surface area contributed by atoms with Crippen molar-refractivity contribution in [1.82, 2.24) is 5.32 Å². The van der Waals surface area contributed by atoms with E-state index in [0.29, 0.717) is 18.0 Å². The average molecular weight is 344 g/mol.